The molecule has 1 aromatic rings. The number of hydrogen-bond donors (Lipinski definition) is 3. The third-order valence-electron chi connectivity index (χ3n) is 4.21. The first-order valence-electron chi connectivity index (χ1n) is 7.93. The van der Waals surface area contributed by atoms with E-state index in [1.807, 2.05) is 0 Å². The lowest BCUT2D eigenvalue weighted by Crippen LogP contribution is -2.44. The molecule has 0 bridgehead atoms. The molecule has 0 aliphatic carbocycles. The monoisotopic (exact) mass is 332 g/mol. The van der Waals surface area contributed by atoms with Gasteiger partial charge in [0.15, 0.2) is 11.5 Å². The minimum absolute atomic E-state index is 0.220. The van der Waals surface area contributed by atoms with E-state index in [0.717, 1.165) is 0 Å². The Morgan fingerprint density at radius 1 is 1.33 bits per heavy atom. The van der Waals surface area contributed by atoms with Gasteiger partial charge in [-0.1, -0.05) is 26.0 Å². The number of hydrazine groups is 1. The molecule has 7 nitrogen and oxygen atoms in total. The number of methoxy groups -OCH3 is 2. The number of nitrogens with zero attached hydrogens (tertiary/aromatic N) is 1. The van der Waals surface area contributed by atoms with E-state index in [9.17, 15) is 10.1 Å². The average molecular weight is 332 g/mol. The zero-order chi connectivity index (χ0) is 17.7. The fraction of sp³-hybridized carbons (Fsp3) is 0.529. The molecular weight excluding hydrogens is 308 g/mol. The largest absolute Gasteiger partial charge is 0.493 e. The molecule has 3 unspecified atom stereocenters. The normalized spacial score (nSPS) is 21.2. The predicted molar refractivity (Wildman–Crippen MR) is 89.3 cm³/mol. The molecule has 2 rings (SSSR count). The molecule has 0 aromatic heterocycles. The highest BCUT2D eigenvalue weighted by Gasteiger charge is 2.32. The summed E-state index contributed by atoms with van der Waals surface area (Å²) in [7, 11) is 3.04. The Morgan fingerprint density at radius 2 is 2.08 bits per heavy atom. The van der Waals surface area contributed by atoms with Crippen LogP contribution in [-0.4, -0.2) is 32.2 Å². The van der Waals surface area contributed by atoms with E-state index in [1.165, 1.54) is 14.2 Å². The molecule has 24 heavy (non-hydrogen) atoms. The first-order chi connectivity index (χ1) is 11.5. The summed E-state index contributed by atoms with van der Waals surface area (Å²) in [6, 6.07) is 6.41. The second-order valence-electron chi connectivity index (χ2n) is 6.08. The highest BCUT2D eigenvalue weighted by atomic mass is 16.5. The second kappa shape index (κ2) is 7.99. The summed E-state index contributed by atoms with van der Waals surface area (Å²) in [6.07, 6.45) is 0.677. The Morgan fingerprint density at radius 3 is 2.62 bits per heavy atom. The van der Waals surface area contributed by atoms with Crippen molar-refractivity contribution in [2.45, 2.75) is 38.4 Å². The third-order valence-corrected chi connectivity index (χ3v) is 4.21. The first kappa shape index (κ1) is 18.0. The van der Waals surface area contributed by atoms with Gasteiger partial charge in [0.2, 0.25) is 5.91 Å². The van der Waals surface area contributed by atoms with E-state index in [0.29, 0.717) is 29.4 Å². The van der Waals surface area contributed by atoms with Gasteiger partial charge < -0.3 is 14.8 Å². The molecule has 1 aliphatic heterocycles. The lowest BCUT2D eigenvalue weighted by Gasteiger charge is -2.19. The number of rotatable bonds is 6. The molecule has 1 heterocycles. The topological polar surface area (TPSA) is 95.4 Å². The van der Waals surface area contributed by atoms with E-state index >= 15 is 0 Å². The smallest absolute Gasteiger partial charge is 0.239 e. The highest BCUT2D eigenvalue weighted by molar-refractivity contribution is 5.83. The molecule has 3 atom stereocenters. The first-order valence-corrected chi connectivity index (χ1v) is 7.93. The average Bonchev–Trinajstić information content (AvgIpc) is 3.09. The maximum Gasteiger partial charge on any atom is 0.239 e. The summed E-state index contributed by atoms with van der Waals surface area (Å²) >= 11 is 0. The minimum Gasteiger partial charge on any atom is -0.493 e. The molecule has 1 amide bonds. The van der Waals surface area contributed by atoms with Gasteiger partial charge in [-0.05, 0) is 18.4 Å². The van der Waals surface area contributed by atoms with Crippen molar-refractivity contribution >= 4 is 5.91 Å². The Bertz CT molecular complexity index is 627. The number of para-hydroxylation sites is 1. The zero-order valence-corrected chi connectivity index (χ0v) is 14.4. The molecule has 1 fully saturated rings. The van der Waals surface area contributed by atoms with Gasteiger partial charge in [0.05, 0.1) is 20.3 Å². The Hall–Kier alpha value is -2.30. The number of amides is 1. The number of hydrogen-bond acceptors (Lipinski definition) is 6. The summed E-state index contributed by atoms with van der Waals surface area (Å²) in [5.74, 6) is 1.16. The van der Waals surface area contributed by atoms with E-state index < -0.39 is 6.04 Å². The second-order valence-corrected chi connectivity index (χ2v) is 6.08. The predicted octanol–water partition coefficient (Wildman–Crippen LogP) is 1.28. The van der Waals surface area contributed by atoms with Crippen molar-refractivity contribution in [2.24, 2.45) is 5.92 Å². The van der Waals surface area contributed by atoms with Crippen LogP contribution in [0.15, 0.2) is 18.2 Å². The summed E-state index contributed by atoms with van der Waals surface area (Å²) in [5.41, 5.74) is 6.68. The van der Waals surface area contributed by atoms with Crippen LogP contribution in [0.3, 0.4) is 0 Å². The number of carbonyl (C=O) groups excluding carboxylic acids is 1. The summed E-state index contributed by atoms with van der Waals surface area (Å²) in [6.45, 7) is 4.19. The van der Waals surface area contributed by atoms with Crippen LogP contribution in [0.2, 0.25) is 0 Å². The van der Waals surface area contributed by atoms with Gasteiger partial charge in [-0.15, -0.1) is 0 Å². The Balaban J connectivity index is 2.13. The molecule has 1 aromatic carbocycles. The van der Waals surface area contributed by atoms with Crippen LogP contribution in [0.1, 0.15) is 31.9 Å². The van der Waals surface area contributed by atoms with Crippen molar-refractivity contribution in [2.75, 3.05) is 14.2 Å². The van der Waals surface area contributed by atoms with Crippen LogP contribution >= 0.6 is 0 Å². The lowest BCUT2D eigenvalue weighted by atomic mass is 9.99. The Kier molecular flexibility index (Phi) is 6.01. The SMILES string of the molecule is COc1cccc(C(C#N)NC(=O)C2CC(C(C)C)NN2)c1OC. The quantitative estimate of drug-likeness (QED) is 0.726. The van der Waals surface area contributed by atoms with Crippen molar-refractivity contribution in [1.29, 1.82) is 5.26 Å². The maximum absolute atomic E-state index is 12.5. The standard InChI is InChI=1S/C17H24N4O3/c1-10(2)12-8-13(21-20-12)17(22)19-14(9-18)11-6-5-7-15(23-3)16(11)24-4/h5-7,10,12-14,20-21H,8H2,1-4H3,(H,19,22). The molecule has 1 saturated heterocycles. The summed E-state index contributed by atoms with van der Waals surface area (Å²) in [5, 5.41) is 12.3. The molecule has 1 aliphatic rings. The third kappa shape index (κ3) is 3.78. The fourth-order valence-corrected chi connectivity index (χ4v) is 2.75. The number of ether oxygens (including phenoxy) is 2. The van der Waals surface area contributed by atoms with Crippen LogP contribution in [0.5, 0.6) is 11.5 Å². The van der Waals surface area contributed by atoms with Crippen LogP contribution in [0.25, 0.3) is 0 Å². The minimum atomic E-state index is -0.817. The number of benzene rings is 1. The molecule has 0 spiro atoms. The van der Waals surface area contributed by atoms with Crippen molar-refractivity contribution < 1.29 is 14.3 Å². The van der Waals surface area contributed by atoms with Crippen LogP contribution in [0, 0.1) is 17.2 Å². The molecule has 3 N–H and O–H groups in total. The van der Waals surface area contributed by atoms with Gasteiger partial charge in [-0.2, -0.15) is 5.26 Å². The molecule has 130 valence electrons. The maximum atomic E-state index is 12.5. The van der Waals surface area contributed by atoms with Gasteiger partial charge in [-0.3, -0.25) is 10.2 Å². The summed E-state index contributed by atoms with van der Waals surface area (Å²) < 4.78 is 10.6. The van der Waals surface area contributed by atoms with E-state index in [2.05, 4.69) is 36.1 Å². The lowest BCUT2D eigenvalue weighted by molar-refractivity contribution is -0.123. The fourth-order valence-electron chi connectivity index (χ4n) is 2.75. The van der Waals surface area contributed by atoms with Crippen LogP contribution in [-0.2, 0) is 4.79 Å². The highest BCUT2D eigenvalue weighted by Crippen LogP contribution is 2.34. The summed E-state index contributed by atoms with van der Waals surface area (Å²) in [4.78, 5) is 12.5. The van der Waals surface area contributed by atoms with Gasteiger partial charge in [0, 0.05) is 11.6 Å². The van der Waals surface area contributed by atoms with Crippen molar-refractivity contribution in [3.63, 3.8) is 0 Å². The van der Waals surface area contributed by atoms with E-state index in [-0.39, 0.29) is 18.0 Å². The van der Waals surface area contributed by atoms with Gasteiger partial charge in [-0.25, -0.2) is 5.43 Å². The van der Waals surface area contributed by atoms with E-state index in [1.54, 1.807) is 18.2 Å². The zero-order valence-electron chi connectivity index (χ0n) is 14.4. The molecule has 0 saturated carbocycles. The van der Waals surface area contributed by atoms with E-state index in [4.69, 9.17) is 9.47 Å². The van der Waals surface area contributed by atoms with Crippen molar-refractivity contribution in [1.82, 2.24) is 16.2 Å². The van der Waals surface area contributed by atoms with Crippen LogP contribution < -0.4 is 25.6 Å². The Labute approximate surface area is 142 Å². The van der Waals surface area contributed by atoms with Crippen molar-refractivity contribution in [3.8, 4) is 17.6 Å². The van der Waals surface area contributed by atoms with Crippen LogP contribution in [0.4, 0.5) is 0 Å². The molecular formula is C17H24N4O3. The van der Waals surface area contributed by atoms with Gasteiger partial charge in [0.1, 0.15) is 12.1 Å². The number of nitrogens with one attached hydrogen (secondary N) is 3. The van der Waals surface area contributed by atoms with Gasteiger partial charge >= 0.3 is 0 Å². The molecule has 0 radical (unpaired) electrons. The van der Waals surface area contributed by atoms with Gasteiger partial charge in [0.25, 0.3) is 0 Å². The number of nitriles is 1. The molecule has 7 heteroatoms. The number of carbonyl (C=O) groups is 1. The van der Waals surface area contributed by atoms with Crippen molar-refractivity contribution in [3.05, 3.63) is 23.8 Å².